The molecule has 4 aliphatic rings. The minimum atomic E-state index is -1.18. The SMILES string of the molecule is C.CNC(=O)c1cc2nc3n(c2cc1C)CC[C@H]1[C@@H]3[C@H](c2cccc(Cl)c2F)[C@]2(C(=O)Nc3cc(Cl)ccc32)N1CC1CC1. The number of rotatable bonds is 4. The van der Waals surface area contributed by atoms with Crippen molar-refractivity contribution in [1.82, 2.24) is 19.8 Å². The molecule has 2 N–H and O–H groups in total. The molecule has 2 amide bonds. The molecule has 1 saturated heterocycles. The smallest absolute Gasteiger partial charge is 0.251 e. The molecule has 4 atom stereocenters. The molecule has 0 bridgehead atoms. The molecule has 1 aliphatic carbocycles. The Morgan fingerprint density at radius 3 is 2.70 bits per heavy atom. The second-order valence-corrected chi connectivity index (χ2v) is 13.2. The van der Waals surface area contributed by atoms with Gasteiger partial charge in [0.2, 0.25) is 5.91 Å². The summed E-state index contributed by atoms with van der Waals surface area (Å²) in [5, 5.41) is 6.39. The van der Waals surface area contributed by atoms with E-state index < -0.39 is 17.3 Å². The third kappa shape index (κ3) is 3.93. The monoisotopic (exact) mass is 633 g/mol. The van der Waals surface area contributed by atoms with E-state index in [0.717, 1.165) is 48.3 Å². The Kier molecular flexibility index (Phi) is 6.84. The highest BCUT2D eigenvalue weighted by Crippen LogP contribution is 2.64. The van der Waals surface area contributed by atoms with Crippen LogP contribution in [0, 0.1) is 18.7 Å². The van der Waals surface area contributed by atoms with E-state index in [2.05, 4.69) is 20.1 Å². The lowest BCUT2D eigenvalue weighted by Gasteiger charge is -2.40. The summed E-state index contributed by atoms with van der Waals surface area (Å²) in [4.78, 5) is 34.7. The summed E-state index contributed by atoms with van der Waals surface area (Å²) < 4.78 is 18.5. The number of amides is 2. The zero-order valence-electron chi connectivity index (χ0n) is 23.8. The predicted octanol–water partition coefficient (Wildman–Crippen LogP) is 7.00. The number of nitrogens with zero attached hydrogens (tertiary/aromatic N) is 3. The van der Waals surface area contributed by atoms with Crippen LogP contribution in [0.4, 0.5) is 10.1 Å². The highest BCUT2D eigenvalue weighted by Gasteiger charge is 2.69. The summed E-state index contributed by atoms with van der Waals surface area (Å²) in [5.41, 5.74) is 3.75. The van der Waals surface area contributed by atoms with Gasteiger partial charge in [0, 0.05) is 59.9 Å². The average Bonchev–Trinajstić information content (AvgIpc) is 3.59. The molecule has 44 heavy (non-hydrogen) atoms. The zero-order chi connectivity index (χ0) is 29.8. The van der Waals surface area contributed by atoms with E-state index in [9.17, 15) is 9.59 Å². The van der Waals surface area contributed by atoms with E-state index in [1.165, 1.54) is 0 Å². The maximum absolute atomic E-state index is 16.3. The van der Waals surface area contributed by atoms with Gasteiger partial charge in [0.1, 0.15) is 17.2 Å². The van der Waals surface area contributed by atoms with Crippen LogP contribution in [0.15, 0.2) is 48.5 Å². The molecule has 0 radical (unpaired) electrons. The van der Waals surface area contributed by atoms with Gasteiger partial charge in [0.05, 0.1) is 16.1 Å². The van der Waals surface area contributed by atoms with Gasteiger partial charge >= 0.3 is 0 Å². The zero-order valence-corrected chi connectivity index (χ0v) is 25.3. The van der Waals surface area contributed by atoms with E-state index in [-0.39, 0.29) is 36.2 Å². The molecular formula is C34H34Cl2FN5O2. The summed E-state index contributed by atoms with van der Waals surface area (Å²) in [7, 11) is 1.61. The van der Waals surface area contributed by atoms with Gasteiger partial charge in [-0.25, -0.2) is 9.37 Å². The highest BCUT2D eigenvalue weighted by atomic mass is 35.5. The molecule has 0 unspecified atom stereocenters. The maximum Gasteiger partial charge on any atom is 0.251 e. The van der Waals surface area contributed by atoms with Gasteiger partial charge in [0.15, 0.2) is 0 Å². The summed E-state index contributed by atoms with van der Waals surface area (Å²) in [6.07, 6.45) is 2.98. The second kappa shape index (κ2) is 10.3. The molecule has 4 aromatic rings. The molecule has 8 rings (SSSR count). The number of carbonyl (C=O) groups is 2. The molecule has 228 valence electrons. The number of aromatic nitrogens is 2. The molecule has 1 saturated carbocycles. The number of imidazole rings is 1. The fourth-order valence-corrected chi connectivity index (χ4v) is 8.47. The van der Waals surface area contributed by atoms with Crippen molar-refractivity contribution in [3.05, 3.63) is 92.5 Å². The lowest BCUT2D eigenvalue weighted by atomic mass is 9.70. The first kappa shape index (κ1) is 29.3. The van der Waals surface area contributed by atoms with Gasteiger partial charge in [-0.2, -0.15) is 0 Å². The Morgan fingerprint density at radius 2 is 1.95 bits per heavy atom. The van der Waals surface area contributed by atoms with Crippen molar-refractivity contribution in [1.29, 1.82) is 0 Å². The van der Waals surface area contributed by atoms with Crippen molar-refractivity contribution in [2.24, 2.45) is 5.92 Å². The normalized spacial score (nSPS) is 25.4. The van der Waals surface area contributed by atoms with E-state index in [1.807, 2.05) is 31.2 Å². The molecule has 3 aliphatic heterocycles. The van der Waals surface area contributed by atoms with Crippen LogP contribution in [-0.2, 0) is 16.9 Å². The van der Waals surface area contributed by atoms with Crippen molar-refractivity contribution in [3.63, 3.8) is 0 Å². The molecule has 2 fully saturated rings. The first-order chi connectivity index (χ1) is 20.7. The third-order valence-corrected chi connectivity index (χ3v) is 10.6. The molecule has 10 heteroatoms. The van der Waals surface area contributed by atoms with Gasteiger partial charge in [0.25, 0.3) is 5.91 Å². The number of benzene rings is 3. The molecular weight excluding hydrogens is 600 g/mol. The summed E-state index contributed by atoms with van der Waals surface area (Å²) in [6, 6.07) is 14.4. The number of hydrogen-bond acceptors (Lipinski definition) is 4. The Balaban J connectivity index is 0.00000312. The molecule has 4 heterocycles. The molecule has 7 nitrogen and oxygen atoms in total. The summed E-state index contributed by atoms with van der Waals surface area (Å²) in [5.74, 6) is -0.515. The quantitative estimate of drug-likeness (QED) is 0.254. The summed E-state index contributed by atoms with van der Waals surface area (Å²) in [6.45, 7) is 3.35. The topological polar surface area (TPSA) is 79.3 Å². The van der Waals surface area contributed by atoms with E-state index >= 15 is 4.39 Å². The first-order valence-corrected chi connectivity index (χ1v) is 15.5. The van der Waals surface area contributed by atoms with Crippen LogP contribution in [0.25, 0.3) is 11.0 Å². The minimum absolute atomic E-state index is 0. The van der Waals surface area contributed by atoms with E-state index in [4.69, 9.17) is 28.2 Å². The van der Waals surface area contributed by atoms with Crippen LogP contribution in [0.3, 0.4) is 0 Å². The standard InChI is InChI=1S/C33H30Cl2FN5O2.CH4/c1-16-12-26-24(14-20(16)31(42)37-2)38-30-27-25(10-11-40(26)30)41(15-17-6-7-17)33(28(27)19-4-3-5-22(35)29(19)36)21-9-8-18(34)13-23(21)39-32(33)43;/h3-5,8-9,12-14,17,25,27-28H,6-7,10-11,15H2,1-2H3,(H,37,42)(H,39,43);1H4/t25-,27+,28-,33+;/m0./s1. The Bertz CT molecular complexity index is 1870. The maximum atomic E-state index is 16.3. The number of hydrogen-bond donors (Lipinski definition) is 2. The largest absolute Gasteiger partial charge is 0.355 e. The van der Waals surface area contributed by atoms with Crippen molar-refractivity contribution < 1.29 is 14.0 Å². The lowest BCUT2D eigenvalue weighted by Crippen LogP contribution is -2.53. The number of carbonyl (C=O) groups excluding carboxylic acids is 2. The van der Waals surface area contributed by atoms with Crippen LogP contribution in [0.2, 0.25) is 10.0 Å². The molecule has 3 aromatic carbocycles. The number of anilines is 1. The number of halogens is 3. The van der Waals surface area contributed by atoms with Gasteiger partial charge in [-0.05, 0) is 73.6 Å². The number of likely N-dealkylation sites (tertiary alicyclic amines) is 1. The number of fused-ring (bicyclic) bond motifs is 7. The number of nitrogens with one attached hydrogen (secondary N) is 2. The van der Waals surface area contributed by atoms with Crippen molar-refractivity contribution in [2.45, 2.75) is 63.6 Å². The Morgan fingerprint density at radius 1 is 1.16 bits per heavy atom. The minimum Gasteiger partial charge on any atom is -0.355 e. The van der Waals surface area contributed by atoms with Gasteiger partial charge in [-0.15, -0.1) is 0 Å². The van der Waals surface area contributed by atoms with Crippen molar-refractivity contribution >= 4 is 51.7 Å². The van der Waals surface area contributed by atoms with Crippen LogP contribution < -0.4 is 10.6 Å². The number of aryl methyl sites for hydroxylation is 2. The highest BCUT2D eigenvalue weighted by molar-refractivity contribution is 6.31. The molecule has 1 aromatic heterocycles. The fraction of sp³-hybridized carbons (Fsp3) is 0.382. The first-order valence-electron chi connectivity index (χ1n) is 14.8. The third-order valence-electron chi connectivity index (χ3n) is 10.1. The van der Waals surface area contributed by atoms with Crippen LogP contribution in [0.5, 0.6) is 0 Å². The van der Waals surface area contributed by atoms with E-state index in [1.54, 1.807) is 31.3 Å². The average molecular weight is 635 g/mol. The Labute approximate surface area is 265 Å². The summed E-state index contributed by atoms with van der Waals surface area (Å²) >= 11 is 12.8. The van der Waals surface area contributed by atoms with Crippen LogP contribution >= 0.6 is 23.2 Å². The fourth-order valence-electron chi connectivity index (χ4n) is 8.12. The van der Waals surface area contributed by atoms with Crippen molar-refractivity contribution in [3.8, 4) is 0 Å². The van der Waals surface area contributed by atoms with Crippen molar-refractivity contribution in [2.75, 3.05) is 18.9 Å². The van der Waals surface area contributed by atoms with Crippen LogP contribution in [0.1, 0.15) is 71.4 Å². The molecule has 1 spiro atoms. The lowest BCUT2D eigenvalue weighted by molar-refractivity contribution is -0.128. The van der Waals surface area contributed by atoms with Gasteiger partial charge in [-0.1, -0.05) is 48.8 Å². The Hall–Kier alpha value is -3.46. The van der Waals surface area contributed by atoms with E-state index in [0.29, 0.717) is 39.8 Å². The second-order valence-electron chi connectivity index (χ2n) is 12.4. The predicted molar refractivity (Wildman–Crippen MR) is 171 cm³/mol. The van der Waals surface area contributed by atoms with Gasteiger partial charge < -0.3 is 15.2 Å². The van der Waals surface area contributed by atoms with Gasteiger partial charge in [-0.3, -0.25) is 14.5 Å². The van der Waals surface area contributed by atoms with Crippen LogP contribution in [-0.4, -0.2) is 45.9 Å².